The van der Waals surface area contributed by atoms with E-state index in [1.807, 2.05) is 17.5 Å². The Balaban J connectivity index is 1.99. The summed E-state index contributed by atoms with van der Waals surface area (Å²) in [7, 11) is 0. The van der Waals surface area contributed by atoms with Crippen molar-refractivity contribution < 1.29 is 4.79 Å². The molecule has 0 spiro atoms. The van der Waals surface area contributed by atoms with Crippen LogP contribution in [-0.4, -0.2) is 30.3 Å². The third-order valence-electron chi connectivity index (χ3n) is 1.70. The second-order valence-corrected chi connectivity index (χ2v) is 3.62. The Morgan fingerprint density at radius 2 is 2.45 bits per heavy atom. The molecule has 0 amide bonds. The summed E-state index contributed by atoms with van der Waals surface area (Å²) in [4.78, 5) is 14.3. The fraction of sp³-hybridized carbons (Fsp3) is 0.375. The standard InChI is InChI=1S/C8H9NOS/c10-7(6-9-3-4-9)8-2-1-5-11-8/h1-2,5H,3-4,6H2. The summed E-state index contributed by atoms with van der Waals surface area (Å²) < 4.78 is 0. The van der Waals surface area contributed by atoms with Crippen LogP contribution in [0.4, 0.5) is 0 Å². The predicted octanol–water partition coefficient (Wildman–Crippen LogP) is 1.25. The minimum atomic E-state index is 0.262. The molecular weight excluding hydrogens is 158 g/mol. The number of rotatable bonds is 3. The monoisotopic (exact) mass is 167 g/mol. The van der Waals surface area contributed by atoms with Gasteiger partial charge in [-0.3, -0.25) is 9.69 Å². The molecule has 0 radical (unpaired) electrons. The molecule has 0 unspecified atom stereocenters. The molecule has 0 aliphatic carbocycles. The lowest BCUT2D eigenvalue weighted by Crippen LogP contribution is -2.11. The topological polar surface area (TPSA) is 20.1 Å². The molecule has 1 fully saturated rings. The lowest BCUT2D eigenvalue weighted by atomic mass is 10.3. The van der Waals surface area contributed by atoms with Gasteiger partial charge in [0.05, 0.1) is 11.4 Å². The molecule has 2 nitrogen and oxygen atoms in total. The number of carbonyl (C=O) groups excluding carboxylic acids is 1. The van der Waals surface area contributed by atoms with E-state index in [1.54, 1.807) is 0 Å². The van der Waals surface area contributed by atoms with Crippen LogP contribution in [0.25, 0.3) is 0 Å². The summed E-state index contributed by atoms with van der Waals surface area (Å²) in [5.74, 6) is 0.262. The van der Waals surface area contributed by atoms with Crippen LogP contribution in [0.5, 0.6) is 0 Å². The first-order chi connectivity index (χ1) is 5.36. The highest BCUT2D eigenvalue weighted by Gasteiger charge is 2.21. The third-order valence-corrected chi connectivity index (χ3v) is 2.61. The summed E-state index contributed by atoms with van der Waals surface area (Å²) in [6.07, 6.45) is 0. The van der Waals surface area contributed by atoms with Gasteiger partial charge in [0.2, 0.25) is 0 Å². The molecule has 58 valence electrons. The molecule has 0 bridgehead atoms. The fourth-order valence-corrected chi connectivity index (χ4v) is 1.60. The van der Waals surface area contributed by atoms with Crippen LogP contribution < -0.4 is 0 Å². The normalized spacial score (nSPS) is 16.7. The van der Waals surface area contributed by atoms with E-state index in [1.165, 1.54) is 11.3 Å². The molecule has 0 aromatic carbocycles. The number of carbonyl (C=O) groups is 1. The van der Waals surface area contributed by atoms with Gasteiger partial charge in [0.25, 0.3) is 0 Å². The molecule has 0 N–H and O–H groups in total. The van der Waals surface area contributed by atoms with Crippen LogP contribution in [0.1, 0.15) is 9.67 Å². The zero-order valence-corrected chi connectivity index (χ0v) is 6.93. The Hall–Kier alpha value is -0.670. The molecule has 1 aromatic rings. The lowest BCUT2D eigenvalue weighted by molar-refractivity contribution is 0.0978. The van der Waals surface area contributed by atoms with Crippen molar-refractivity contribution in [1.82, 2.24) is 4.90 Å². The van der Waals surface area contributed by atoms with E-state index < -0.39 is 0 Å². The minimum Gasteiger partial charge on any atom is -0.293 e. The first-order valence-electron chi connectivity index (χ1n) is 3.65. The van der Waals surface area contributed by atoms with Crippen molar-refractivity contribution in [3.8, 4) is 0 Å². The second-order valence-electron chi connectivity index (χ2n) is 2.68. The first-order valence-corrected chi connectivity index (χ1v) is 4.53. The molecule has 11 heavy (non-hydrogen) atoms. The van der Waals surface area contributed by atoms with Gasteiger partial charge in [0.1, 0.15) is 0 Å². The molecule has 0 saturated carbocycles. The number of ketones is 1. The van der Waals surface area contributed by atoms with Gasteiger partial charge in [-0.25, -0.2) is 0 Å². The molecular formula is C8H9NOS. The van der Waals surface area contributed by atoms with Gasteiger partial charge in [0, 0.05) is 13.1 Å². The minimum absolute atomic E-state index is 0.262. The molecule has 1 aromatic heterocycles. The van der Waals surface area contributed by atoms with Crippen LogP contribution in [0.15, 0.2) is 17.5 Å². The third kappa shape index (κ3) is 1.67. The zero-order chi connectivity index (χ0) is 7.68. The Morgan fingerprint density at radius 3 is 3.00 bits per heavy atom. The zero-order valence-electron chi connectivity index (χ0n) is 6.12. The van der Waals surface area contributed by atoms with Gasteiger partial charge in [-0.1, -0.05) is 6.07 Å². The van der Waals surface area contributed by atoms with E-state index in [0.717, 1.165) is 18.0 Å². The Bertz CT molecular complexity index is 251. The van der Waals surface area contributed by atoms with E-state index in [2.05, 4.69) is 4.90 Å². The average molecular weight is 167 g/mol. The highest BCUT2D eigenvalue weighted by atomic mass is 32.1. The van der Waals surface area contributed by atoms with Crippen LogP contribution in [0.2, 0.25) is 0 Å². The van der Waals surface area contributed by atoms with Crippen molar-refractivity contribution in [2.75, 3.05) is 19.6 Å². The van der Waals surface area contributed by atoms with Crippen LogP contribution in [-0.2, 0) is 0 Å². The molecule has 2 rings (SSSR count). The number of Topliss-reactive ketones (excluding diaryl/α,β-unsaturated/α-hetero) is 1. The van der Waals surface area contributed by atoms with E-state index in [4.69, 9.17) is 0 Å². The van der Waals surface area contributed by atoms with Crippen molar-refractivity contribution in [2.45, 2.75) is 0 Å². The number of hydrogen-bond donors (Lipinski definition) is 0. The summed E-state index contributed by atoms with van der Waals surface area (Å²) in [6.45, 7) is 2.80. The maximum Gasteiger partial charge on any atom is 0.186 e. The highest BCUT2D eigenvalue weighted by molar-refractivity contribution is 7.12. The predicted molar refractivity (Wildman–Crippen MR) is 45.1 cm³/mol. The Kier molecular flexibility index (Phi) is 1.75. The number of nitrogens with zero attached hydrogens (tertiary/aromatic N) is 1. The summed E-state index contributed by atoms with van der Waals surface area (Å²) in [6, 6.07) is 3.80. The molecule has 0 atom stereocenters. The average Bonchev–Trinajstić information content (AvgIpc) is 2.67. The van der Waals surface area contributed by atoms with Gasteiger partial charge in [-0.05, 0) is 11.4 Å². The van der Waals surface area contributed by atoms with Gasteiger partial charge in [-0.15, -0.1) is 11.3 Å². The maximum atomic E-state index is 11.3. The van der Waals surface area contributed by atoms with Gasteiger partial charge in [0.15, 0.2) is 5.78 Å². The SMILES string of the molecule is O=C(CN1CC1)c1cccs1. The second kappa shape index (κ2) is 2.75. The molecule has 1 aliphatic heterocycles. The van der Waals surface area contributed by atoms with Crippen molar-refractivity contribution in [3.05, 3.63) is 22.4 Å². The quantitative estimate of drug-likeness (QED) is 0.498. The summed E-state index contributed by atoms with van der Waals surface area (Å²) in [5.41, 5.74) is 0. The van der Waals surface area contributed by atoms with Crippen LogP contribution >= 0.6 is 11.3 Å². The number of thiophene rings is 1. The fourth-order valence-electron chi connectivity index (χ4n) is 0.947. The van der Waals surface area contributed by atoms with E-state index in [9.17, 15) is 4.79 Å². The van der Waals surface area contributed by atoms with Crippen molar-refractivity contribution >= 4 is 17.1 Å². The lowest BCUT2D eigenvalue weighted by Gasteiger charge is -1.95. The van der Waals surface area contributed by atoms with Gasteiger partial charge >= 0.3 is 0 Å². The van der Waals surface area contributed by atoms with E-state index in [0.29, 0.717) is 6.54 Å². The van der Waals surface area contributed by atoms with E-state index in [-0.39, 0.29) is 5.78 Å². The summed E-state index contributed by atoms with van der Waals surface area (Å²) in [5, 5.41) is 1.94. The smallest absolute Gasteiger partial charge is 0.186 e. The van der Waals surface area contributed by atoms with Crippen LogP contribution in [0.3, 0.4) is 0 Å². The molecule has 1 aliphatic rings. The maximum absolute atomic E-state index is 11.3. The largest absolute Gasteiger partial charge is 0.293 e. The van der Waals surface area contributed by atoms with Crippen molar-refractivity contribution in [3.63, 3.8) is 0 Å². The highest BCUT2D eigenvalue weighted by Crippen LogP contribution is 2.12. The van der Waals surface area contributed by atoms with Crippen molar-refractivity contribution in [2.24, 2.45) is 0 Å². The van der Waals surface area contributed by atoms with E-state index >= 15 is 0 Å². The van der Waals surface area contributed by atoms with Crippen LogP contribution in [0, 0.1) is 0 Å². The molecule has 1 saturated heterocycles. The van der Waals surface area contributed by atoms with Crippen molar-refractivity contribution in [1.29, 1.82) is 0 Å². The van der Waals surface area contributed by atoms with Gasteiger partial charge < -0.3 is 0 Å². The Morgan fingerprint density at radius 1 is 1.64 bits per heavy atom. The number of hydrogen-bond acceptors (Lipinski definition) is 3. The molecule has 3 heteroatoms. The Labute approximate surface area is 69.4 Å². The summed E-state index contributed by atoms with van der Waals surface area (Å²) >= 11 is 1.52. The molecule has 2 heterocycles. The first kappa shape index (κ1) is 7.00. The van der Waals surface area contributed by atoms with Gasteiger partial charge in [-0.2, -0.15) is 0 Å².